The first-order chi connectivity index (χ1) is 32.8. The Kier molecular flexibility index (Phi) is 26.3. The number of nitrogens with one attached hydrogen (secondary N) is 7. The summed E-state index contributed by atoms with van der Waals surface area (Å²) in [4.78, 5) is 59.5. The molecular formula is C55H97N11O4. The first-order valence-electron chi connectivity index (χ1n) is 26.0. The molecule has 7 N–H and O–H groups in total. The van der Waals surface area contributed by atoms with Crippen molar-refractivity contribution in [3.8, 4) is 0 Å². The Morgan fingerprint density at radius 3 is 1.06 bits per heavy atom. The number of amides is 8. The Hall–Kier alpha value is -4.89. The minimum atomic E-state index is -0.618. The highest BCUT2D eigenvalue weighted by atomic mass is 16.2. The van der Waals surface area contributed by atoms with Crippen molar-refractivity contribution >= 4 is 29.8 Å². The Morgan fingerprint density at radius 2 is 0.729 bits per heavy atom. The SMILES string of the molecule is CN(C)CCCNC(=O)NC(C)(C)c1cccc(C(C)(C)NC(=O)N(C)CCCCCCCC(=N)CCCCCCCN(C)C(=O)NC(C)(C)c2cccc(C(C)(C)NC(=O)NCCCN(C)C)c2)c1. The molecule has 0 aliphatic heterocycles. The number of hydrogen-bond donors (Lipinski definition) is 7. The lowest BCUT2D eigenvalue weighted by molar-refractivity contribution is 0.195. The van der Waals surface area contributed by atoms with E-state index in [1.807, 2.05) is 134 Å². The van der Waals surface area contributed by atoms with Crippen LogP contribution in [0.2, 0.25) is 0 Å². The number of carbonyl (C=O) groups is 4. The molecule has 0 aliphatic rings. The van der Waals surface area contributed by atoms with E-state index in [0.717, 1.165) is 131 Å². The van der Waals surface area contributed by atoms with Crippen molar-refractivity contribution in [2.24, 2.45) is 0 Å². The summed E-state index contributed by atoms with van der Waals surface area (Å²) in [6.45, 7) is 20.3. The molecule has 2 rings (SSSR count). The van der Waals surface area contributed by atoms with Crippen LogP contribution in [-0.4, -0.2) is 131 Å². The molecule has 2 aromatic rings. The van der Waals surface area contributed by atoms with Gasteiger partial charge in [-0.3, -0.25) is 0 Å². The highest BCUT2D eigenvalue weighted by molar-refractivity contribution is 5.81. The Morgan fingerprint density at radius 1 is 0.429 bits per heavy atom. The predicted molar refractivity (Wildman–Crippen MR) is 290 cm³/mol. The summed E-state index contributed by atoms with van der Waals surface area (Å²) in [7, 11) is 11.8. The highest BCUT2D eigenvalue weighted by Gasteiger charge is 2.30. The molecule has 2 aromatic carbocycles. The number of carbonyl (C=O) groups excluding carboxylic acids is 4. The third kappa shape index (κ3) is 23.8. The molecule has 0 saturated carbocycles. The molecule has 0 spiro atoms. The van der Waals surface area contributed by atoms with E-state index in [2.05, 4.69) is 53.8 Å². The maximum Gasteiger partial charge on any atom is 0.317 e. The summed E-state index contributed by atoms with van der Waals surface area (Å²) in [6, 6.07) is 15.5. The van der Waals surface area contributed by atoms with E-state index in [1.54, 1.807) is 9.80 Å². The van der Waals surface area contributed by atoms with Crippen LogP contribution in [0.4, 0.5) is 19.2 Å². The highest BCUT2D eigenvalue weighted by Crippen LogP contribution is 2.28. The Balaban J connectivity index is 1.60. The van der Waals surface area contributed by atoms with Crippen LogP contribution >= 0.6 is 0 Å². The largest absolute Gasteiger partial charge is 0.338 e. The van der Waals surface area contributed by atoms with E-state index in [0.29, 0.717) is 26.2 Å². The van der Waals surface area contributed by atoms with Gasteiger partial charge in [-0.15, -0.1) is 0 Å². The minimum absolute atomic E-state index is 0.114. The molecule has 15 nitrogen and oxygen atoms in total. The lowest BCUT2D eigenvalue weighted by Gasteiger charge is -2.32. The molecule has 0 radical (unpaired) electrons. The fraction of sp³-hybridized carbons (Fsp3) is 0.691. The summed E-state index contributed by atoms with van der Waals surface area (Å²) < 4.78 is 0. The topological polar surface area (TPSA) is 177 Å². The van der Waals surface area contributed by atoms with Gasteiger partial charge in [0.15, 0.2) is 0 Å². The number of urea groups is 4. The van der Waals surface area contributed by atoms with Crippen LogP contribution in [0.5, 0.6) is 0 Å². The van der Waals surface area contributed by atoms with Crippen molar-refractivity contribution in [2.75, 3.05) is 81.6 Å². The van der Waals surface area contributed by atoms with E-state index in [-0.39, 0.29) is 24.1 Å². The van der Waals surface area contributed by atoms with Gasteiger partial charge in [0.2, 0.25) is 0 Å². The fourth-order valence-corrected chi connectivity index (χ4v) is 8.22. The zero-order chi connectivity index (χ0) is 52.5. The van der Waals surface area contributed by atoms with Gasteiger partial charge in [0.05, 0.1) is 22.2 Å². The van der Waals surface area contributed by atoms with Crippen LogP contribution in [0.15, 0.2) is 48.5 Å². The van der Waals surface area contributed by atoms with Gasteiger partial charge in [0.25, 0.3) is 0 Å². The first kappa shape index (κ1) is 61.2. The van der Waals surface area contributed by atoms with Gasteiger partial charge in [-0.05, 0) is 170 Å². The van der Waals surface area contributed by atoms with Crippen molar-refractivity contribution in [1.29, 1.82) is 5.41 Å². The predicted octanol–water partition coefficient (Wildman–Crippen LogP) is 9.81. The average molecular weight is 976 g/mol. The second-order valence-electron chi connectivity index (χ2n) is 22.1. The van der Waals surface area contributed by atoms with Crippen LogP contribution in [-0.2, 0) is 22.2 Å². The second-order valence-corrected chi connectivity index (χ2v) is 22.1. The zero-order valence-electron chi connectivity index (χ0n) is 46.2. The third-order valence-corrected chi connectivity index (χ3v) is 13.1. The molecule has 0 aromatic heterocycles. The monoisotopic (exact) mass is 976 g/mol. The lowest BCUT2D eigenvalue weighted by Crippen LogP contribution is -2.48. The van der Waals surface area contributed by atoms with E-state index >= 15 is 0 Å². The van der Waals surface area contributed by atoms with Gasteiger partial charge in [-0.2, -0.15) is 0 Å². The Bertz CT molecular complexity index is 1780. The van der Waals surface area contributed by atoms with Crippen LogP contribution in [0, 0.1) is 5.41 Å². The molecule has 0 bridgehead atoms. The summed E-state index contributed by atoms with van der Waals surface area (Å²) >= 11 is 0. The molecule has 0 saturated heterocycles. The lowest BCUT2D eigenvalue weighted by atomic mass is 9.87. The van der Waals surface area contributed by atoms with E-state index in [4.69, 9.17) is 5.41 Å². The van der Waals surface area contributed by atoms with Gasteiger partial charge >= 0.3 is 24.1 Å². The van der Waals surface area contributed by atoms with Gasteiger partial charge in [0.1, 0.15) is 0 Å². The van der Waals surface area contributed by atoms with E-state index < -0.39 is 22.2 Å². The van der Waals surface area contributed by atoms with Crippen LogP contribution < -0.4 is 31.9 Å². The number of rotatable bonds is 32. The summed E-state index contributed by atoms with van der Waals surface area (Å²) in [6.07, 6.45) is 13.8. The van der Waals surface area contributed by atoms with Gasteiger partial charge < -0.3 is 56.9 Å². The molecular weight excluding hydrogens is 879 g/mol. The van der Waals surface area contributed by atoms with Crippen molar-refractivity contribution in [3.63, 3.8) is 0 Å². The molecule has 8 amide bonds. The number of unbranched alkanes of at least 4 members (excludes halogenated alkanes) is 8. The molecule has 70 heavy (non-hydrogen) atoms. The van der Waals surface area contributed by atoms with Gasteiger partial charge in [0, 0.05) is 46.0 Å². The number of nitrogens with zero attached hydrogens (tertiary/aromatic N) is 4. The second kappa shape index (κ2) is 30.1. The molecule has 0 atom stereocenters. The molecule has 15 heteroatoms. The zero-order valence-corrected chi connectivity index (χ0v) is 46.2. The molecule has 0 aliphatic carbocycles. The van der Waals surface area contributed by atoms with Crippen LogP contribution in [0.3, 0.4) is 0 Å². The molecule has 0 unspecified atom stereocenters. The number of benzene rings is 2. The van der Waals surface area contributed by atoms with E-state index in [9.17, 15) is 19.2 Å². The fourth-order valence-electron chi connectivity index (χ4n) is 8.22. The van der Waals surface area contributed by atoms with Gasteiger partial charge in [-0.1, -0.05) is 87.1 Å². The van der Waals surface area contributed by atoms with Crippen molar-refractivity contribution in [3.05, 3.63) is 70.8 Å². The summed E-state index contributed by atoms with van der Waals surface area (Å²) in [5.74, 6) is 0. The smallest absolute Gasteiger partial charge is 0.317 e. The van der Waals surface area contributed by atoms with Crippen LogP contribution in [0.25, 0.3) is 0 Å². The van der Waals surface area contributed by atoms with Crippen molar-refractivity contribution in [1.82, 2.24) is 51.5 Å². The third-order valence-electron chi connectivity index (χ3n) is 13.1. The summed E-state index contributed by atoms with van der Waals surface area (Å²) in [5.41, 5.74) is 2.23. The maximum atomic E-state index is 13.2. The molecule has 396 valence electrons. The maximum absolute atomic E-state index is 13.2. The van der Waals surface area contributed by atoms with E-state index in [1.165, 1.54) is 0 Å². The van der Waals surface area contributed by atoms with Crippen molar-refractivity contribution < 1.29 is 19.2 Å². The van der Waals surface area contributed by atoms with Gasteiger partial charge in [-0.25, -0.2) is 19.2 Å². The normalized spacial score (nSPS) is 12.1. The number of hydrogen-bond acceptors (Lipinski definition) is 7. The minimum Gasteiger partial charge on any atom is -0.338 e. The first-order valence-corrected chi connectivity index (χ1v) is 26.0. The quantitative estimate of drug-likeness (QED) is 0.0284. The van der Waals surface area contributed by atoms with Crippen LogP contribution in [0.1, 0.15) is 168 Å². The van der Waals surface area contributed by atoms with Crippen molar-refractivity contribution in [2.45, 2.75) is 167 Å². The summed E-state index contributed by atoms with van der Waals surface area (Å²) in [5, 5.41) is 27.0. The molecule has 0 heterocycles. The average Bonchev–Trinajstić information content (AvgIpc) is 3.27. The Labute approximate surface area is 424 Å². The molecule has 0 fully saturated rings. The standard InChI is InChI=1S/C55H97N11O4/c1-52(2,59-48(67)57-35-27-37-63(9)10)43-29-25-31-45(41-43)54(5,6)61-50(69)65(13)39-23-19-15-17-21-33-47(56)34-22-18-16-20-24-40-66(14)51(70)62-55(7,8)46-32-26-30-44(42-46)53(3,4)60-49(68)58-36-28-38-64(11)12/h25-26,29-32,41-42,56H,15-24,27-28,33-40H2,1-14H3,(H,61,69)(H,62,70)(H2,57,59,67)(H2,58,60,68).